The van der Waals surface area contributed by atoms with Crippen molar-refractivity contribution in [2.45, 2.75) is 45.3 Å². The molecule has 2 unspecified atom stereocenters. The zero-order valence-corrected chi connectivity index (χ0v) is 10.1. The molecule has 2 rings (SSSR count). The standard InChI is InChI=1S/C11H19N3O2/c1-11(2)5-4-8(15)6-9(11)14-10(16)13(3)7-12-14/h7-9,15H,4-6H2,1-3H3. The highest BCUT2D eigenvalue weighted by Crippen LogP contribution is 2.42. The molecular formula is C11H19N3O2. The summed E-state index contributed by atoms with van der Waals surface area (Å²) < 4.78 is 2.99. The first-order chi connectivity index (χ1) is 7.42. The normalized spacial score (nSPS) is 29.2. The van der Waals surface area contributed by atoms with Crippen molar-refractivity contribution in [2.24, 2.45) is 12.5 Å². The van der Waals surface area contributed by atoms with Crippen LogP contribution < -0.4 is 5.69 Å². The highest BCUT2D eigenvalue weighted by Gasteiger charge is 2.38. The third-order valence-corrected chi connectivity index (χ3v) is 3.66. The van der Waals surface area contributed by atoms with Gasteiger partial charge in [-0.25, -0.2) is 9.48 Å². The summed E-state index contributed by atoms with van der Waals surface area (Å²) in [5.74, 6) is 0. The molecule has 1 aromatic heterocycles. The molecule has 2 atom stereocenters. The van der Waals surface area contributed by atoms with Crippen molar-refractivity contribution in [3.05, 3.63) is 16.8 Å². The average molecular weight is 225 g/mol. The number of hydrogen-bond donors (Lipinski definition) is 1. The van der Waals surface area contributed by atoms with Crippen molar-refractivity contribution in [1.82, 2.24) is 14.3 Å². The van der Waals surface area contributed by atoms with Crippen LogP contribution in [0.1, 0.15) is 39.2 Å². The van der Waals surface area contributed by atoms with E-state index in [0.29, 0.717) is 6.42 Å². The van der Waals surface area contributed by atoms with Gasteiger partial charge in [-0.2, -0.15) is 5.10 Å². The smallest absolute Gasteiger partial charge is 0.345 e. The Kier molecular flexibility index (Phi) is 2.66. The van der Waals surface area contributed by atoms with E-state index in [9.17, 15) is 9.90 Å². The molecule has 0 aliphatic heterocycles. The van der Waals surface area contributed by atoms with E-state index in [-0.39, 0.29) is 23.3 Å². The van der Waals surface area contributed by atoms with E-state index < -0.39 is 0 Å². The average Bonchev–Trinajstić information content (AvgIpc) is 2.53. The van der Waals surface area contributed by atoms with Gasteiger partial charge in [-0.05, 0) is 24.7 Å². The molecule has 1 heterocycles. The van der Waals surface area contributed by atoms with Crippen molar-refractivity contribution in [3.8, 4) is 0 Å². The molecule has 90 valence electrons. The molecule has 1 aromatic rings. The first-order valence-electron chi connectivity index (χ1n) is 5.70. The molecule has 0 aromatic carbocycles. The van der Waals surface area contributed by atoms with Crippen molar-refractivity contribution in [3.63, 3.8) is 0 Å². The monoisotopic (exact) mass is 225 g/mol. The van der Waals surface area contributed by atoms with Crippen LogP contribution in [0.3, 0.4) is 0 Å². The van der Waals surface area contributed by atoms with Gasteiger partial charge < -0.3 is 5.11 Å². The van der Waals surface area contributed by atoms with Crippen LogP contribution in [0.5, 0.6) is 0 Å². The first kappa shape index (κ1) is 11.4. The summed E-state index contributed by atoms with van der Waals surface area (Å²) in [5.41, 5.74) is -0.0931. The molecule has 0 amide bonds. The van der Waals surface area contributed by atoms with Gasteiger partial charge in [0.2, 0.25) is 0 Å². The Hall–Kier alpha value is -1.10. The topological polar surface area (TPSA) is 60.1 Å². The summed E-state index contributed by atoms with van der Waals surface area (Å²) in [5, 5.41) is 13.8. The fourth-order valence-corrected chi connectivity index (χ4v) is 2.44. The zero-order valence-electron chi connectivity index (χ0n) is 10.1. The molecule has 0 radical (unpaired) electrons. The molecule has 5 heteroatoms. The lowest BCUT2D eigenvalue weighted by molar-refractivity contribution is 0.0275. The lowest BCUT2D eigenvalue weighted by Crippen LogP contribution is -2.41. The predicted molar refractivity (Wildman–Crippen MR) is 60.1 cm³/mol. The Morgan fingerprint density at radius 1 is 1.56 bits per heavy atom. The van der Waals surface area contributed by atoms with Gasteiger partial charge in [0.1, 0.15) is 6.33 Å². The van der Waals surface area contributed by atoms with Crippen LogP contribution in [0.25, 0.3) is 0 Å². The molecule has 0 spiro atoms. The lowest BCUT2D eigenvalue weighted by Gasteiger charge is -2.39. The third-order valence-electron chi connectivity index (χ3n) is 3.66. The van der Waals surface area contributed by atoms with Gasteiger partial charge in [-0.3, -0.25) is 4.57 Å². The van der Waals surface area contributed by atoms with Crippen LogP contribution in [0, 0.1) is 5.41 Å². The van der Waals surface area contributed by atoms with Gasteiger partial charge in [0.25, 0.3) is 0 Å². The van der Waals surface area contributed by atoms with E-state index in [1.54, 1.807) is 7.05 Å². The fraction of sp³-hybridized carbons (Fsp3) is 0.818. The minimum absolute atomic E-state index is 0.00931. The zero-order chi connectivity index (χ0) is 11.9. The maximum absolute atomic E-state index is 11.8. The first-order valence-corrected chi connectivity index (χ1v) is 5.70. The van der Waals surface area contributed by atoms with Gasteiger partial charge in [-0.15, -0.1) is 0 Å². The second-order valence-electron chi connectivity index (χ2n) is 5.40. The molecule has 0 bridgehead atoms. The molecule has 0 saturated heterocycles. The Morgan fingerprint density at radius 2 is 2.25 bits per heavy atom. The molecule has 1 aliphatic carbocycles. The SMILES string of the molecule is Cn1cnn(C2CC(O)CCC2(C)C)c1=O. The molecular weight excluding hydrogens is 206 g/mol. The maximum Gasteiger partial charge on any atom is 0.345 e. The second kappa shape index (κ2) is 3.73. The summed E-state index contributed by atoms with van der Waals surface area (Å²) in [7, 11) is 1.69. The largest absolute Gasteiger partial charge is 0.393 e. The van der Waals surface area contributed by atoms with E-state index in [1.165, 1.54) is 15.6 Å². The number of nitrogens with zero attached hydrogens (tertiary/aromatic N) is 3. The number of aryl methyl sites for hydroxylation is 1. The quantitative estimate of drug-likeness (QED) is 0.765. The van der Waals surface area contributed by atoms with Crippen LogP contribution >= 0.6 is 0 Å². The van der Waals surface area contributed by atoms with Gasteiger partial charge in [-0.1, -0.05) is 13.8 Å². The molecule has 1 fully saturated rings. The van der Waals surface area contributed by atoms with E-state index in [0.717, 1.165) is 12.8 Å². The lowest BCUT2D eigenvalue weighted by atomic mass is 9.72. The van der Waals surface area contributed by atoms with Gasteiger partial charge in [0.05, 0.1) is 12.1 Å². The number of aliphatic hydroxyl groups is 1. The number of aliphatic hydroxyl groups excluding tert-OH is 1. The van der Waals surface area contributed by atoms with Crippen molar-refractivity contribution in [1.29, 1.82) is 0 Å². The number of hydrogen-bond acceptors (Lipinski definition) is 3. The molecule has 1 aliphatic rings. The number of rotatable bonds is 1. The fourth-order valence-electron chi connectivity index (χ4n) is 2.44. The number of aromatic nitrogens is 3. The highest BCUT2D eigenvalue weighted by molar-refractivity contribution is 4.90. The van der Waals surface area contributed by atoms with Crippen molar-refractivity contribution >= 4 is 0 Å². The van der Waals surface area contributed by atoms with Crippen molar-refractivity contribution < 1.29 is 5.11 Å². The van der Waals surface area contributed by atoms with Crippen LogP contribution in [-0.4, -0.2) is 25.6 Å². The Bertz CT molecular complexity index is 433. The van der Waals surface area contributed by atoms with Gasteiger partial charge in [0, 0.05) is 7.05 Å². The van der Waals surface area contributed by atoms with E-state index >= 15 is 0 Å². The highest BCUT2D eigenvalue weighted by atomic mass is 16.3. The summed E-state index contributed by atoms with van der Waals surface area (Å²) in [4.78, 5) is 11.8. The maximum atomic E-state index is 11.8. The molecule has 1 saturated carbocycles. The minimum Gasteiger partial charge on any atom is -0.393 e. The Morgan fingerprint density at radius 3 is 2.81 bits per heavy atom. The predicted octanol–water partition coefficient (Wildman–Crippen LogP) is 0.694. The van der Waals surface area contributed by atoms with Gasteiger partial charge >= 0.3 is 5.69 Å². The van der Waals surface area contributed by atoms with Crippen LogP contribution in [0.15, 0.2) is 11.1 Å². The van der Waals surface area contributed by atoms with E-state index in [4.69, 9.17) is 0 Å². The summed E-state index contributed by atoms with van der Waals surface area (Å²) in [6.45, 7) is 4.26. The Labute approximate surface area is 94.7 Å². The second-order valence-corrected chi connectivity index (χ2v) is 5.40. The van der Waals surface area contributed by atoms with E-state index in [2.05, 4.69) is 18.9 Å². The van der Waals surface area contributed by atoms with E-state index in [1.807, 2.05) is 0 Å². The molecule has 16 heavy (non-hydrogen) atoms. The summed E-state index contributed by atoms with van der Waals surface area (Å²) >= 11 is 0. The van der Waals surface area contributed by atoms with Crippen LogP contribution in [0.4, 0.5) is 0 Å². The van der Waals surface area contributed by atoms with Crippen LogP contribution in [-0.2, 0) is 7.05 Å². The van der Waals surface area contributed by atoms with Crippen LogP contribution in [0.2, 0.25) is 0 Å². The molecule has 5 nitrogen and oxygen atoms in total. The third kappa shape index (κ3) is 1.80. The van der Waals surface area contributed by atoms with Crippen molar-refractivity contribution in [2.75, 3.05) is 0 Å². The van der Waals surface area contributed by atoms with Gasteiger partial charge in [0.15, 0.2) is 0 Å². The minimum atomic E-state index is -0.313. The summed E-state index contributed by atoms with van der Waals surface area (Å²) in [6.07, 6.45) is 3.56. The Balaban J connectivity index is 2.37. The molecule has 1 N–H and O–H groups in total. The summed E-state index contributed by atoms with van der Waals surface area (Å²) in [6, 6.07) is -0.00931.